The van der Waals surface area contributed by atoms with E-state index in [-0.39, 0.29) is 0 Å². The van der Waals surface area contributed by atoms with Gasteiger partial charge in [0.1, 0.15) is 0 Å². The van der Waals surface area contributed by atoms with Crippen molar-refractivity contribution in [1.29, 1.82) is 0 Å². The Morgan fingerprint density at radius 2 is 1.84 bits per heavy atom. The molecule has 2 aromatic carbocycles. The first-order chi connectivity index (χ1) is 9.29. The summed E-state index contributed by atoms with van der Waals surface area (Å²) in [4.78, 5) is 2.84. The van der Waals surface area contributed by atoms with E-state index in [1.54, 1.807) is 0 Å². The topological polar surface area (TPSA) is 48.8 Å². The van der Waals surface area contributed by atoms with Crippen molar-refractivity contribution < 1.29 is 0 Å². The van der Waals surface area contributed by atoms with Gasteiger partial charge in [0.2, 0.25) is 0 Å². The van der Waals surface area contributed by atoms with Gasteiger partial charge in [-0.15, -0.1) is 0 Å². The Morgan fingerprint density at radius 3 is 2.58 bits per heavy atom. The molecule has 0 saturated carbocycles. The van der Waals surface area contributed by atoms with Crippen LogP contribution in [-0.2, 0) is 6.42 Å². The summed E-state index contributed by atoms with van der Waals surface area (Å²) in [5, 5.41) is 3.68. The molecule has 2 rings (SSSR count). The molecule has 0 bridgehead atoms. The van der Waals surface area contributed by atoms with Crippen molar-refractivity contribution >= 4 is 27.7 Å². The highest BCUT2D eigenvalue weighted by Gasteiger charge is 1.96. The van der Waals surface area contributed by atoms with E-state index in [0.29, 0.717) is 5.69 Å². The average molecular weight is 314 g/mol. The summed E-state index contributed by atoms with van der Waals surface area (Å²) in [6, 6.07) is 15.7. The first-order valence-electron chi connectivity index (χ1n) is 5.85. The molecule has 3 nitrogen and oxygen atoms in total. The van der Waals surface area contributed by atoms with Crippen molar-refractivity contribution in [2.45, 2.75) is 6.42 Å². The van der Waals surface area contributed by atoms with Crippen LogP contribution in [0.2, 0.25) is 0 Å². The van der Waals surface area contributed by atoms with E-state index in [9.17, 15) is 0 Å². The normalized spacial score (nSPS) is 10.4. The maximum atomic E-state index is 8.51. The number of rotatable bonds is 4. The summed E-state index contributed by atoms with van der Waals surface area (Å²) in [6.07, 6.45) is 4.86. The highest BCUT2D eigenvalue weighted by Crippen LogP contribution is 2.20. The Labute approximate surface area is 120 Å². The van der Waals surface area contributed by atoms with Gasteiger partial charge in [0, 0.05) is 15.1 Å². The van der Waals surface area contributed by atoms with Crippen molar-refractivity contribution in [1.82, 2.24) is 0 Å². The van der Waals surface area contributed by atoms with Gasteiger partial charge in [-0.25, -0.2) is 0 Å². The van der Waals surface area contributed by atoms with Gasteiger partial charge in [0.15, 0.2) is 0 Å². The second-order valence-electron chi connectivity index (χ2n) is 3.98. The van der Waals surface area contributed by atoms with Crippen LogP contribution in [0, 0.1) is 0 Å². The third-order valence-corrected chi connectivity index (χ3v) is 3.19. The van der Waals surface area contributed by atoms with Crippen molar-refractivity contribution in [2.24, 2.45) is 5.11 Å². The van der Waals surface area contributed by atoms with Crippen molar-refractivity contribution in [3.05, 3.63) is 80.6 Å². The lowest BCUT2D eigenvalue weighted by Crippen LogP contribution is -1.81. The molecule has 94 valence electrons. The third-order valence-electron chi connectivity index (χ3n) is 2.66. The standard InChI is InChI=1S/C15H12BrN3/c16-14-10-8-12(9-11-14)4-3-6-13-5-1-2-7-15(13)18-19-17/h1-5,7-11H,6H2/b4-3+. The molecule has 2 aromatic rings. The van der Waals surface area contributed by atoms with Crippen LogP contribution in [0.5, 0.6) is 0 Å². The van der Waals surface area contributed by atoms with E-state index in [1.807, 2.05) is 48.5 Å². The molecule has 0 amide bonds. The summed E-state index contributed by atoms with van der Waals surface area (Å²) in [5.74, 6) is 0. The summed E-state index contributed by atoms with van der Waals surface area (Å²) < 4.78 is 1.07. The van der Waals surface area contributed by atoms with Crippen molar-refractivity contribution in [2.75, 3.05) is 0 Å². The Kier molecular flexibility index (Phi) is 4.78. The van der Waals surface area contributed by atoms with E-state index in [0.717, 1.165) is 22.0 Å². The van der Waals surface area contributed by atoms with Gasteiger partial charge >= 0.3 is 0 Å². The Balaban J connectivity index is 2.10. The molecule has 0 aliphatic carbocycles. The lowest BCUT2D eigenvalue weighted by atomic mass is 10.1. The monoisotopic (exact) mass is 313 g/mol. The fourth-order valence-electron chi connectivity index (χ4n) is 1.73. The molecular formula is C15H12BrN3. The van der Waals surface area contributed by atoms with Crippen LogP contribution >= 0.6 is 15.9 Å². The minimum Gasteiger partial charge on any atom is -0.0795 e. The zero-order chi connectivity index (χ0) is 13.5. The smallest absolute Gasteiger partial charge is 0.0410 e. The van der Waals surface area contributed by atoms with Crippen LogP contribution in [0.1, 0.15) is 11.1 Å². The van der Waals surface area contributed by atoms with Gasteiger partial charge in [-0.3, -0.25) is 0 Å². The lowest BCUT2D eigenvalue weighted by molar-refractivity contribution is 1.25. The maximum Gasteiger partial charge on any atom is 0.0410 e. The Morgan fingerprint density at radius 1 is 1.11 bits per heavy atom. The summed E-state index contributed by atoms with van der Waals surface area (Å²) in [6.45, 7) is 0. The largest absolute Gasteiger partial charge is 0.0795 e. The molecular weight excluding hydrogens is 302 g/mol. The Bertz CT molecular complexity index is 626. The minimum absolute atomic E-state index is 0.686. The average Bonchev–Trinajstić information content (AvgIpc) is 2.43. The second kappa shape index (κ2) is 6.78. The molecule has 0 aliphatic heterocycles. The predicted molar refractivity (Wildman–Crippen MR) is 82.1 cm³/mol. The van der Waals surface area contributed by atoms with E-state index >= 15 is 0 Å². The third kappa shape index (κ3) is 3.98. The van der Waals surface area contributed by atoms with E-state index in [2.05, 4.69) is 38.1 Å². The number of azide groups is 1. The molecule has 0 aromatic heterocycles. The molecule has 0 N–H and O–H groups in total. The van der Waals surface area contributed by atoms with Crippen LogP contribution in [-0.4, -0.2) is 0 Å². The summed E-state index contributed by atoms with van der Waals surface area (Å²) >= 11 is 3.41. The van der Waals surface area contributed by atoms with Gasteiger partial charge in [-0.05, 0) is 35.2 Å². The number of hydrogen-bond acceptors (Lipinski definition) is 1. The van der Waals surface area contributed by atoms with Crippen LogP contribution in [0.15, 0.2) is 64.2 Å². The zero-order valence-corrected chi connectivity index (χ0v) is 11.8. The van der Waals surface area contributed by atoms with Crippen LogP contribution in [0.4, 0.5) is 5.69 Å². The summed E-state index contributed by atoms with van der Waals surface area (Å²) in [5.41, 5.74) is 11.4. The van der Waals surface area contributed by atoms with E-state index in [1.165, 1.54) is 0 Å². The molecule has 0 aliphatic rings. The molecule has 0 heterocycles. The highest BCUT2D eigenvalue weighted by atomic mass is 79.9. The summed E-state index contributed by atoms with van der Waals surface area (Å²) in [7, 11) is 0. The molecule has 0 saturated heterocycles. The number of hydrogen-bond donors (Lipinski definition) is 0. The van der Waals surface area contributed by atoms with Gasteiger partial charge in [-0.1, -0.05) is 69.6 Å². The SMILES string of the molecule is [N-]=[N+]=Nc1ccccc1C/C=C/c1ccc(Br)cc1. The quantitative estimate of drug-likeness (QED) is 0.398. The molecule has 0 spiro atoms. The highest BCUT2D eigenvalue weighted by molar-refractivity contribution is 9.10. The minimum atomic E-state index is 0.686. The number of halogens is 1. The van der Waals surface area contributed by atoms with Crippen molar-refractivity contribution in [3.8, 4) is 0 Å². The van der Waals surface area contributed by atoms with Gasteiger partial charge in [0.05, 0.1) is 0 Å². The molecule has 19 heavy (non-hydrogen) atoms. The molecule has 0 fully saturated rings. The number of nitrogens with zero attached hydrogens (tertiary/aromatic N) is 3. The Hall–Kier alpha value is -2.03. The van der Waals surface area contributed by atoms with E-state index < -0.39 is 0 Å². The molecule has 4 heteroatoms. The molecule has 0 atom stereocenters. The predicted octanol–water partition coefficient (Wildman–Crippen LogP) is 5.65. The van der Waals surface area contributed by atoms with Crippen molar-refractivity contribution in [3.63, 3.8) is 0 Å². The fraction of sp³-hybridized carbons (Fsp3) is 0.0667. The van der Waals surface area contributed by atoms with E-state index in [4.69, 9.17) is 5.53 Å². The van der Waals surface area contributed by atoms with Crippen LogP contribution < -0.4 is 0 Å². The number of allylic oxidation sites excluding steroid dienone is 1. The lowest BCUT2D eigenvalue weighted by Gasteiger charge is -2.00. The molecule has 0 unspecified atom stereocenters. The van der Waals surface area contributed by atoms with Gasteiger partial charge in [0.25, 0.3) is 0 Å². The van der Waals surface area contributed by atoms with Gasteiger partial charge < -0.3 is 0 Å². The molecule has 0 radical (unpaired) electrons. The first kappa shape index (κ1) is 13.4. The fourth-order valence-corrected chi connectivity index (χ4v) is 1.99. The maximum absolute atomic E-state index is 8.51. The second-order valence-corrected chi connectivity index (χ2v) is 4.89. The van der Waals surface area contributed by atoms with Crippen LogP contribution in [0.3, 0.4) is 0 Å². The van der Waals surface area contributed by atoms with Crippen LogP contribution in [0.25, 0.3) is 16.5 Å². The number of benzene rings is 2. The zero-order valence-electron chi connectivity index (χ0n) is 10.2. The van der Waals surface area contributed by atoms with Gasteiger partial charge in [-0.2, -0.15) is 0 Å². The first-order valence-corrected chi connectivity index (χ1v) is 6.64.